The van der Waals surface area contributed by atoms with Crippen molar-refractivity contribution in [2.24, 2.45) is 0 Å². The lowest BCUT2D eigenvalue weighted by Crippen LogP contribution is -2.24. The highest BCUT2D eigenvalue weighted by Gasteiger charge is 2.31. The molecule has 4 rings (SSSR count). The highest BCUT2D eigenvalue weighted by atomic mass is 16.4. The van der Waals surface area contributed by atoms with Crippen LogP contribution in [0.2, 0.25) is 0 Å². The minimum absolute atomic E-state index is 0.102. The molecule has 0 saturated carbocycles. The molecule has 1 saturated heterocycles. The van der Waals surface area contributed by atoms with Gasteiger partial charge < -0.3 is 9.32 Å². The summed E-state index contributed by atoms with van der Waals surface area (Å²) in [7, 11) is 0. The molecule has 0 N–H and O–H groups in total. The van der Waals surface area contributed by atoms with E-state index in [1.54, 1.807) is 0 Å². The first-order chi connectivity index (χ1) is 11.8. The first-order valence-electron chi connectivity index (χ1n) is 8.22. The number of hydrogen-bond acceptors (Lipinski definition) is 6. The van der Waals surface area contributed by atoms with Gasteiger partial charge in [0.1, 0.15) is 17.7 Å². The molecule has 3 aromatic rings. The van der Waals surface area contributed by atoms with Crippen LogP contribution in [0.1, 0.15) is 42.1 Å². The summed E-state index contributed by atoms with van der Waals surface area (Å²) in [5, 5.41) is 8.15. The molecule has 6 nitrogen and oxygen atoms in total. The molecular formula is C18H19N5O. The van der Waals surface area contributed by atoms with Crippen LogP contribution in [-0.4, -0.2) is 26.7 Å². The Morgan fingerprint density at radius 3 is 2.83 bits per heavy atom. The van der Waals surface area contributed by atoms with Gasteiger partial charge in [-0.15, -0.1) is 10.2 Å². The van der Waals surface area contributed by atoms with Crippen LogP contribution in [0, 0.1) is 6.92 Å². The fourth-order valence-electron chi connectivity index (χ4n) is 3.16. The van der Waals surface area contributed by atoms with Crippen LogP contribution >= 0.6 is 0 Å². The van der Waals surface area contributed by atoms with Crippen LogP contribution < -0.4 is 4.90 Å². The van der Waals surface area contributed by atoms with Crippen LogP contribution in [0.5, 0.6) is 0 Å². The quantitative estimate of drug-likeness (QED) is 0.735. The van der Waals surface area contributed by atoms with E-state index in [0.29, 0.717) is 11.8 Å². The van der Waals surface area contributed by atoms with E-state index in [9.17, 15) is 0 Å². The van der Waals surface area contributed by atoms with Crippen LogP contribution in [-0.2, 0) is 6.42 Å². The highest BCUT2D eigenvalue weighted by molar-refractivity contribution is 5.41. The average molecular weight is 321 g/mol. The molecule has 1 atom stereocenters. The maximum absolute atomic E-state index is 5.64. The Morgan fingerprint density at radius 2 is 2.04 bits per heavy atom. The Balaban J connectivity index is 1.58. The third-order valence-electron chi connectivity index (χ3n) is 4.27. The van der Waals surface area contributed by atoms with Gasteiger partial charge in [-0.2, -0.15) is 0 Å². The van der Waals surface area contributed by atoms with Gasteiger partial charge >= 0.3 is 0 Å². The smallest absolute Gasteiger partial charge is 0.238 e. The van der Waals surface area contributed by atoms with Crippen molar-refractivity contribution >= 4 is 5.82 Å². The molecular weight excluding hydrogens is 302 g/mol. The maximum Gasteiger partial charge on any atom is 0.238 e. The van der Waals surface area contributed by atoms with Gasteiger partial charge in [-0.3, -0.25) is 0 Å². The summed E-state index contributed by atoms with van der Waals surface area (Å²) in [6.07, 6.45) is 4.64. The van der Waals surface area contributed by atoms with Gasteiger partial charge in [-0.25, -0.2) is 9.97 Å². The first-order valence-corrected chi connectivity index (χ1v) is 8.22. The number of nitrogens with zero attached hydrogens (tertiary/aromatic N) is 5. The van der Waals surface area contributed by atoms with Crippen molar-refractivity contribution < 1.29 is 4.42 Å². The molecule has 0 bridgehead atoms. The van der Waals surface area contributed by atoms with Gasteiger partial charge in [0.05, 0.1) is 0 Å². The van der Waals surface area contributed by atoms with Crippen LogP contribution in [0.3, 0.4) is 0 Å². The molecule has 1 aliphatic rings. The van der Waals surface area contributed by atoms with Crippen LogP contribution in [0.15, 0.2) is 47.0 Å². The highest BCUT2D eigenvalue weighted by Crippen LogP contribution is 2.34. The summed E-state index contributed by atoms with van der Waals surface area (Å²) >= 11 is 0. The van der Waals surface area contributed by atoms with Gasteiger partial charge in [-0.1, -0.05) is 30.3 Å². The van der Waals surface area contributed by atoms with Crippen molar-refractivity contribution in [1.29, 1.82) is 0 Å². The molecule has 0 spiro atoms. The summed E-state index contributed by atoms with van der Waals surface area (Å²) in [6, 6.07) is 12.3. The Bertz CT molecular complexity index is 817. The van der Waals surface area contributed by atoms with Gasteiger partial charge in [0.15, 0.2) is 0 Å². The SMILES string of the molecule is Cc1nnc(C2CCCN2c2ccnc(Cc3ccccc3)n2)o1. The Kier molecular flexibility index (Phi) is 3.94. The molecule has 122 valence electrons. The van der Waals surface area contributed by atoms with Crippen molar-refractivity contribution in [1.82, 2.24) is 20.2 Å². The van der Waals surface area contributed by atoms with Gasteiger partial charge in [0.2, 0.25) is 11.8 Å². The average Bonchev–Trinajstić information content (AvgIpc) is 3.24. The Labute approximate surface area is 140 Å². The van der Waals surface area contributed by atoms with E-state index in [1.807, 2.05) is 37.4 Å². The van der Waals surface area contributed by atoms with E-state index in [0.717, 1.165) is 37.4 Å². The Morgan fingerprint density at radius 1 is 1.17 bits per heavy atom. The van der Waals surface area contributed by atoms with Gasteiger partial charge in [0.25, 0.3) is 0 Å². The molecule has 0 radical (unpaired) electrons. The number of rotatable bonds is 4. The lowest BCUT2D eigenvalue weighted by atomic mass is 10.1. The van der Waals surface area contributed by atoms with Crippen molar-refractivity contribution in [3.63, 3.8) is 0 Å². The number of benzene rings is 1. The van der Waals surface area contributed by atoms with Crippen molar-refractivity contribution in [2.75, 3.05) is 11.4 Å². The lowest BCUT2D eigenvalue weighted by molar-refractivity contribution is 0.429. The normalized spacial score (nSPS) is 17.4. The molecule has 2 aromatic heterocycles. The molecule has 24 heavy (non-hydrogen) atoms. The van der Waals surface area contributed by atoms with E-state index >= 15 is 0 Å². The summed E-state index contributed by atoms with van der Waals surface area (Å²) in [5.41, 5.74) is 1.21. The summed E-state index contributed by atoms with van der Waals surface area (Å²) in [6.45, 7) is 2.76. The third kappa shape index (κ3) is 2.99. The minimum atomic E-state index is 0.102. The summed E-state index contributed by atoms with van der Waals surface area (Å²) in [5.74, 6) is 3.03. The zero-order valence-electron chi connectivity index (χ0n) is 13.6. The number of aromatic nitrogens is 4. The zero-order chi connectivity index (χ0) is 16.4. The topological polar surface area (TPSA) is 67.9 Å². The second kappa shape index (κ2) is 6.39. The number of aryl methyl sites for hydroxylation is 1. The van der Waals surface area contributed by atoms with Crippen LogP contribution in [0.25, 0.3) is 0 Å². The van der Waals surface area contributed by atoms with Crippen molar-refractivity contribution in [3.05, 3.63) is 65.8 Å². The van der Waals surface area contributed by atoms with Gasteiger partial charge in [-0.05, 0) is 24.5 Å². The van der Waals surface area contributed by atoms with Crippen molar-refractivity contribution in [2.45, 2.75) is 32.2 Å². The second-order valence-electron chi connectivity index (χ2n) is 6.00. The molecule has 3 heterocycles. The van der Waals surface area contributed by atoms with Crippen molar-refractivity contribution in [3.8, 4) is 0 Å². The largest absolute Gasteiger partial charge is 0.423 e. The minimum Gasteiger partial charge on any atom is -0.423 e. The standard InChI is InChI=1S/C18H19N5O/c1-13-21-22-18(24-13)15-8-5-11-23(15)17-9-10-19-16(20-17)12-14-6-3-2-4-7-14/h2-4,6-7,9-10,15H,5,8,11-12H2,1H3. The molecule has 1 fully saturated rings. The molecule has 1 unspecified atom stereocenters. The molecule has 1 aliphatic heterocycles. The zero-order valence-corrected chi connectivity index (χ0v) is 13.6. The fourth-order valence-corrected chi connectivity index (χ4v) is 3.16. The second-order valence-corrected chi connectivity index (χ2v) is 6.00. The number of hydrogen-bond donors (Lipinski definition) is 0. The van der Waals surface area contributed by atoms with E-state index < -0.39 is 0 Å². The lowest BCUT2D eigenvalue weighted by Gasteiger charge is -2.23. The van der Waals surface area contributed by atoms with E-state index in [-0.39, 0.29) is 6.04 Å². The number of anilines is 1. The van der Waals surface area contributed by atoms with Gasteiger partial charge in [0, 0.05) is 26.1 Å². The third-order valence-corrected chi connectivity index (χ3v) is 4.27. The summed E-state index contributed by atoms with van der Waals surface area (Å²) < 4.78 is 5.64. The predicted octanol–water partition coefficient (Wildman–Crippen LogP) is 3.10. The van der Waals surface area contributed by atoms with Crippen LogP contribution in [0.4, 0.5) is 5.82 Å². The summed E-state index contributed by atoms with van der Waals surface area (Å²) in [4.78, 5) is 11.4. The van der Waals surface area contributed by atoms with E-state index in [1.165, 1.54) is 5.56 Å². The molecule has 6 heteroatoms. The molecule has 0 aliphatic carbocycles. The maximum atomic E-state index is 5.64. The van der Waals surface area contributed by atoms with E-state index in [2.05, 4.69) is 32.2 Å². The van der Waals surface area contributed by atoms with E-state index in [4.69, 9.17) is 9.40 Å². The predicted molar refractivity (Wildman–Crippen MR) is 89.6 cm³/mol. The first kappa shape index (κ1) is 14.8. The molecule has 1 aromatic carbocycles. The monoisotopic (exact) mass is 321 g/mol. The Hall–Kier alpha value is -2.76. The molecule has 0 amide bonds. The fraction of sp³-hybridized carbons (Fsp3) is 0.333.